The van der Waals surface area contributed by atoms with E-state index in [1.165, 1.54) is 37.3 Å². The van der Waals surface area contributed by atoms with Gasteiger partial charge in [0.05, 0.1) is 17.2 Å². The molecule has 20 heavy (non-hydrogen) atoms. The lowest BCUT2D eigenvalue weighted by molar-refractivity contribution is 0.101. The first-order valence-electron chi connectivity index (χ1n) is 5.68. The highest BCUT2D eigenvalue weighted by Crippen LogP contribution is 2.29. The number of halogens is 2. The first-order valence-corrected chi connectivity index (χ1v) is 6.48. The third kappa shape index (κ3) is 3.22. The van der Waals surface area contributed by atoms with Crippen LogP contribution in [0.3, 0.4) is 0 Å². The zero-order chi connectivity index (χ0) is 14.7. The van der Waals surface area contributed by atoms with E-state index in [0.717, 1.165) is 0 Å². The Morgan fingerprint density at radius 3 is 2.65 bits per heavy atom. The summed E-state index contributed by atoms with van der Waals surface area (Å²) in [5, 5.41) is 8.89. The molecule has 2 rings (SSSR count). The minimum absolute atomic E-state index is 0.194. The number of carbonyl (C=O) groups excluding carboxylic acids is 1. The van der Waals surface area contributed by atoms with Gasteiger partial charge in [0.25, 0.3) is 0 Å². The number of nitriles is 1. The lowest BCUT2D eigenvalue weighted by atomic mass is 10.1. The molecular formula is C15H9BrFNO2. The average Bonchev–Trinajstić information content (AvgIpc) is 2.37. The van der Waals surface area contributed by atoms with Gasteiger partial charge in [0.2, 0.25) is 0 Å². The van der Waals surface area contributed by atoms with Gasteiger partial charge in [-0.3, -0.25) is 4.79 Å². The van der Waals surface area contributed by atoms with Crippen LogP contribution in [-0.4, -0.2) is 5.78 Å². The number of benzene rings is 2. The van der Waals surface area contributed by atoms with Crippen LogP contribution in [0.2, 0.25) is 0 Å². The Kier molecular flexibility index (Phi) is 4.16. The highest BCUT2D eigenvalue weighted by atomic mass is 79.9. The number of carbonyl (C=O) groups is 1. The molecule has 0 bridgehead atoms. The third-order valence-electron chi connectivity index (χ3n) is 2.55. The molecule has 3 nitrogen and oxygen atoms in total. The Balaban J connectivity index is 2.46. The lowest BCUT2D eigenvalue weighted by Gasteiger charge is -2.10. The molecule has 0 heterocycles. The second kappa shape index (κ2) is 5.85. The van der Waals surface area contributed by atoms with Crippen molar-refractivity contribution in [2.45, 2.75) is 6.92 Å². The normalized spacial score (nSPS) is 9.90. The first-order chi connectivity index (χ1) is 9.49. The second-order valence-corrected chi connectivity index (χ2v) is 5.00. The largest absolute Gasteiger partial charge is 0.456 e. The summed E-state index contributed by atoms with van der Waals surface area (Å²) >= 11 is 3.16. The van der Waals surface area contributed by atoms with Gasteiger partial charge in [0, 0.05) is 10.5 Å². The van der Waals surface area contributed by atoms with Crippen molar-refractivity contribution in [3.8, 4) is 17.6 Å². The predicted molar refractivity (Wildman–Crippen MR) is 75.3 cm³/mol. The summed E-state index contributed by atoms with van der Waals surface area (Å²) in [6.45, 7) is 1.40. The number of ether oxygens (including phenoxy) is 1. The predicted octanol–water partition coefficient (Wildman–Crippen LogP) is 4.45. The standard InChI is InChI=1S/C15H9BrFNO2/c1-9(19)14-3-2-10(8-18)4-15(14)20-13-6-11(16)5-12(17)7-13/h2-7H,1H3. The molecule has 0 spiro atoms. The van der Waals surface area contributed by atoms with Gasteiger partial charge >= 0.3 is 0 Å². The van der Waals surface area contributed by atoms with Gasteiger partial charge in [-0.2, -0.15) is 5.26 Å². The molecule has 0 saturated carbocycles. The molecule has 0 unspecified atom stereocenters. The van der Waals surface area contributed by atoms with E-state index in [1.807, 2.05) is 6.07 Å². The maximum absolute atomic E-state index is 13.3. The van der Waals surface area contributed by atoms with E-state index in [0.29, 0.717) is 15.6 Å². The fourth-order valence-corrected chi connectivity index (χ4v) is 2.13. The van der Waals surface area contributed by atoms with Crippen molar-refractivity contribution in [3.63, 3.8) is 0 Å². The van der Waals surface area contributed by atoms with Crippen LogP contribution in [0.25, 0.3) is 0 Å². The molecule has 0 amide bonds. The Morgan fingerprint density at radius 2 is 2.05 bits per heavy atom. The van der Waals surface area contributed by atoms with Gasteiger partial charge in [0.1, 0.15) is 17.3 Å². The quantitative estimate of drug-likeness (QED) is 0.779. The van der Waals surface area contributed by atoms with Gasteiger partial charge < -0.3 is 4.74 Å². The van der Waals surface area contributed by atoms with Crippen molar-refractivity contribution in [2.75, 3.05) is 0 Å². The highest BCUT2D eigenvalue weighted by Gasteiger charge is 2.11. The summed E-state index contributed by atoms with van der Waals surface area (Å²) in [7, 11) is 0. The van der Waals surface area contributed by atoms with E-state index in [-0.39, 0.29) is 17.3 Å². The zero-order valence-electron chi connectivity index (χ0n) is 10.5. The fourth-order valence-electron chi connectivity index (χ4n) is 1.68. The molecule has 0 atom stereocenters. The number of Topliss-reactive ketones (excluding diaryl/α,β-unsaturated/α-hetero) is 1. The highest BCUT2D eigenvalue weighted by molar-refractivity contribution is 9.10. The van der Waals surface area contributed by atoms with Crippen LogP contribution in [0, 0.1) is 17.1 Å². The van der Waals surface area contributed by atoms with Crippen molar-refractivity contribution < 1.29 is 13.9 Å². The van der Waals surface area contributed by atoms with Crippen molar-refractivity contribution in [2.24, 2.45) is 0 Å². The molecule has 5 heteroatoms. The number of nitrogens with zero attached hydrogens (tertiary/aromatic N) is 1. The Hall–Kier alpha value is -2.19. The summed E-state index contributed by atoms with van der Waals surface area (Å²) in [5.74, 6) is -0.182. The molecule has 0 aliphatic rings. The van der Waals surface area contributed by atoms with Gasteiger partial charge in [-0.1, -0.05) is 15.9 Å². The van der Waals surface area contributed by atoms with E-state index >= 15 is 0 Å². The molecule has 0 aromatic heterocycles. The van der Waals surface area contributed by atoms with Crippen molar-refractivity contribution in [3.05, 3.63) is 57.8 Å². The van der Waals surface area contributed by atoms with Crippen LogP contribution in [0.5, 0.6) is 11.5 Å². The molecule has 100 valence electrons. The van der Waals surface area contributed by atoms with E-state index in [4.69, 9.17) is 10.00 Å². The van der Waals surface area contributed by atoms with E-state index < -0.39 is 5.82 Å². The van der Waals surface area contributed by atoms with Crippen LogP contribution in [0.1, 0.15) is 22.8 Å². The van der Waals surface area contributed by atoms with E-state index in [2.05, 4.69) is 15.9 Å². The van der Waals surface area contributed by atoms with Gasteiger partial charge in [-0.15, -0.1) is 0 Å². The van der Waals surface area contributed by atoms with Crippen molar-refractivity contribution in [1.82, 2.24) is 0 Å². The zero-order valence-corrected chi connectivity index (χ0v) is 12.1. The Bertz CT molecular complexity index is 702. The maximum Gasteiger partial charge on any atom is 0.163 e. The average molecular weight is 334 g/mol. The van der Waals surface area contributed by atoms with Crippen LogP contribution in [-0.2, 0) is 0 Å². The SMILES string of the molecule is CC(=O)c1ccc(C#N)cc1Oc1cc(F)cc(Br)c1. The number of hydrogen-bond donors (Lipinski definition) is 0. The molecule has 2 aromatic rings. The summed E-state index contributed by atoms with van der Waals surface area (Å²) in [4.78, 5) is 11.5. The van der Waals surface area contributed by atoms with Gasteiger partial charge in [-0.05, 0) is 37.3 Å². The number of hydrogen-bond acceptors (Lipinski definition) is 3. The molecule has 0 aliphatic carbocycles. The molecule has 0 fully saturated rings. The van der Waals surface area contributed by atoms with Crippen LogP contribution in [0.4, 0.5) is 4.39 Å². The van der Waals surface area contributed by atoms with Crippen LogP contribution < -0.4 is 4.74 Å². The van der Waals surface area contributed by atoms with Gasteiger partial charge in [0.15, 0.2) is 5.78 Å². The van der Waals surface area contributed by atoms with Crippen molar-refractivity contribution in [1.29, 1.82) is 5.26 Å². The summed E-state index contributed by atoms with van der Waals surface area (Å²) < 4.78 is 19.4. The molecule has 0 saturated heterocycles. The minimum atomic E-state index is -0.463. The molecule has 0 radical (unpaired) electrons. The maximum atomic E-state index is 13.3. The summed E-state index contributed by atoms with van der Waals surface area (Å²) in [6, 6.07) is 10.5. The summed E-state index contributed by atoms with van der Waals surface area (Å²) in [5.41, 5.74) is 0.699. The Morgan fingerprint density at radius 1 is 1.30 bits per heavy atom. The van der Waals surface area contributed by atoms with Crippen LogP contribution >= 0.6 is 15.9 Å². The topological polar surface area (TPSA) is 50.1 Å². The molecule has 0 aliphatic heterocycles. The third-order valence-corrected chi connectivity index (χ3v) is 3.01. The van der Waals surface area contributed by atoms with Crippen LogP contribution in [0.15, 0.2) is 40.9 Å². The van der Waals surface area contributed by atoms with E-state index in [9.17, 15) is 9.18 Å². The second-order valence-electron chi connectivity index (χ2n) is 4.09. The smallest absolute Gasteiger partial charge is 0.163 e. The number of ketones is 1. The minimum Gasteiger partial charge on any atom is -0.456 e. The monoisotopic (exact) mass is 333 g/mol. The molecular weight excluding hydrogens is 325 g/mol. The van der Waals surface area contributed by atoms with E-state index in [1.54, 1.807) is 6.07 Å². The number of rotatable bonds is 3. The fraction of sp³-hybridized carbons (Fsp3) is 0.0667. The van der Waals surface area contributed by atoms with Gasteiger partial charge in [-0.25, -0.2) is 4.39 Å². The van der Waals surface area contributed by atoms with Crippen molar-refractivity contribution >= 4 is 21.7 Å². The first kappa shape index (κ1) is 14.2. The molecule has 0 N–H and O–H groups in total. The Labute approximate surface area is 123 Å². The molecule has 2 aromatic carbocycles. The summed E-state index contributed by atoms with van der Waals surface area (Å²) in [6.07, 6.45) is 0. The lowest BCUT2D eigenvalue weighted by Crippen LogP contribution is -1.98.